The maximum absolute atomic E-state index is 12.4. The summed E-state index contributed by atoms with van der Waals surface area (Å²) in [6, 6.07) is 8.77. The Hall–Kier alpha value is -3.03. The minimum absolute atomic E-state index is 0.00416. The number of rotatable bonds is 3. The number of hydrogen-bond acceptors (Lipinski definition) is 5. The molecule has 0 radical (unpaired) electrons. The van der Waals surface area contributed by atoms with Gasteiger partial charge in [-0.25, -0.2) is 0 Å². The number of carbonyl (C=O) groups excluding carboxylic acids is 2. The Morgan fingerprint density at radius 2 is 2.13 bits per heavy atom. The number of benzene rings is 1. The van der Waals surface area contributed by atoms with E-state index in [1.165, 1.54) is 11.0 Å². The summed E-state index contributed by atoms with van der Waals surface area (Å²) in [5.74, 6) is 0.415. The summed E-state index contributed by atoms with van der Waals surface area (Å²) in [7, 11) is 1.56. The van der Waals surface area contributed by atoms with Crippen LogP contribution >= 0.6 is 0 Å². The number of H-pyrrole nitrogens is 1. The van der Waals surface area contributed by atoms with Crippen molar-refractivity contribution in [3.63, 3.8) is 0 Å². The minimum atomic E-state index is -0.290. The number of nitrogens with zero attached hydrogens (tertiary/aromatic N) is 3. The van der Waals surface area contributed by atoms with Gasteiger partial charge in [-0.3, -0.25) is 14.7 Å². The quantitative estimate of drug-likeness (QED) is 0.857. The topological polar surface area (TPSA) is 105 Å². The first kappa shape index (κ1) is 14.9. The molecule has 23 heavy (non-hydrogen) atoms. The Bertz CT molecular complexity index is 742. The maximum Gasteiger partial charge on any atom is 0.272 e. The number of methoxy groups -OCH3 is 1. The lowest BCUT2D eigenvalue weighted by molar-refractivity contribution is -0.120. The largest absolute Gasteiger partial charge is 0.495 e. The van der Waals surface area contributed by atoms with Gasteiger partial charge < -0.3 is 20.3 Å². The normalized spacial score (nSPS) is 14.9. The first-order valence-electron chi connectivity index (χ1n) is 7.13. The molecule has 0 unspecified atom stereocenters. The van der Waals surface area contributed by atoms with Crippen LogP contribution in [-0.4, -0.2) is 53.7 Å². The van der Waals surface area contributed by atoms with Gasteiger partial charge in [-0.15, -0.1) is 0 Å². The minimum Gasteiger partial charge on any atom is -0.495 e. The molecule has 1 fully saturated rings. The molecule has 0 bridgehead atoms. The van der Waals surface area contributed by atoms with Crippen LogP contribution in [0.2, 0.25) is 0 Å². The SMILES string of the molecule is COc1ccccc1N1CCN(C(=O)c2cc(N)n[nH]2)CC1=O. The highest BCUT2D eigenvalue weighted by atomic mass is 16.5. The van der Waals surface area contributed by atoms with Crippen LogP contribution in [0.1, 0.15) is 10.5 Å². The molecule has 120 valence electrons. The second-order valence-corrected chi connectivity index (χ2v) is 5.15. The highest BCUT2D eigenvalue weighted by Crippen LogP contribution is 2.29. The first-order chi connectivity index (χ1) is 11.1. The lowest BCUT2D eigenvalue weighted by atomic mass is 10.2. The zero-order valence-electron chi connectivity index (χ0n) is 12.7. The number of anilines is 2. The number of nitrogen functional groups attached to an aromatic ring is 1. The summed E-state index contributed by atoms with van der Waals surface area (Å²) < 4.78 is 5.29. The molecule has 0 spiro atoms. The number of aromatic nitrogens is 2. The molecule has 8 heteroatoms. The Morgan fingerprint density at radius 3 is 2.78 bits per heavy atom. The molecule has 0 atom stereocenters. The van der Waals surface area contributed by atoms with Gasteiger partial charge in [0.1, 0.15) is 23.8 Å². The molecule has 3 N–H and O–H groups in total. The molecule has 2 heterocycles. The van der Waals surface area contributed by atoms with Gasteiger partial charge in [-0.05, 0) is 12.1 Å². The zero-order chi connectivity index (χ0) is 16.4. The number of amides is 2. The second-order valence-electron chi connectivity index (χ2n) is 5.15. The number of carbonyl (C=O) groups is 2. The highest BCUT2D eigenvalue weighted by Gasteiger charge is 2.30. The van der Waals surface area contributed by atoms with E-state index in [1.54, 1.807) is 18.1 Å². The van der Waals surface area contributed by atoms with Crippen LogP contribution in [-0.2, 0) is 4.79 Å². The van der Waals surface area contributed by atoms with E-state index in [0.29, 0.717) is 24.5 Å². The van der Waals surface area contributed by atoms with Crippen molar-refractivity contribution in [2.75, 3.05) is 37.4 Å². The predicted octanol–water partition coefficient (Wildman–Crippen LogP) is 0.489. The molecule has 0 saturated carbocycles. The van der Waals surface area contributed by atoms with Crippen LogP contribution in [0.4, 0.5) is 11.5 Å². The van der Waals surface area contributed by atoms with E-state index in [4.69, 9.17) is 10.5 Å². The third-order valence-electron chi connectivity index (χ3n) is 3.71. The van der Waals surface area contributed by atoms with E-state index < -0.39 is 0 Å². The molecule has 0 aliphatic carbocycles. The van der Waals surface area contributed by atoms with Crippen LogP contribution in [0.5, 0.6) is 5.75 Å². The van der Waals surface area contributed by atoms with Crippen LogP contribution in [0.25, 0.3) is 0 Å². The van der Waals surface area contributed by atoms with E-state index >= 15 is 0 Å². The fourth-order valence-electron chi connectivity index (χ4n) is 2.57. The van der Waals surface area contributed by atoms with E-state index in [-0.39, 0.29) is 29.9 Å². The summed E-state index contributed by atoms with van der Waals surface area (Å²) in [5, 5.41) is 6.30. The van der Waals surface area contributed by atoms with Gasteiger partial charge in [0.2, 0.25) is 5.91 Å². The van der Waals surface area contributed by atoms with Crippen molar-refractivity contribution in [3.05, 3.63) is 36.0 Å². The third kappa shape index (κ3) is 2.83. The molecule has 1 aliphatic heterocycles. The summed E-state index contributed by atoms with van der Waals surface area (Å²) in [5.41, 5.74) is 6.49. The number of ether oxygens (including phenoxy) is 1. The molecule has 1 aromatic carbocycles. The fraction of sp³-hybridized carbons (Fsp3) is 0.267. The van der Waals surface area contributed by atoms with Gasteiger partial charge in [0, 0.05) is 19.2 Å². The van der Waals surface area contributed by atoms with E-state index in [2.05, 4.69) is 10.2 Å². The molecule has 2 amide bonds. The van der Waals surface area contributed by atoms with Gasteiger partial charge in [0.15, 0.2) is 0 Å². The molecule has 1 aliphatic rings. The summed E-state index contributed by atoms with van der Waals surface area (Å²) in [6.45, 7) is 0.811. The van der Waals surface area contributed by atoms with E-state index in [0.717, 1.165) is 0 Å². The van der Waals surface area contributed by atoms with E-state index in [9.17, 15) is 9.59 Å². The molecular weight excluding hydrogens is 298 g/mol. The van der Waals surface area contributed by atoms with Crippen molar-refractivity contribution in [3.8, 4) is 5.75 Å². The van der Waals surface area contributed by atoms with Gasteiger partial charge >= 0.3 is 0 Å². The molecule has 1 saturated heterocycles. The molecule has 1 aromatic heterocycles. The average molecular weight is 315 g/mol. The number of piperazine rings is 1. The molecule has 3 rings (SSSR count). The first-order valence-corrected chi connectivity index (χ1v) is 7.13. The number of nitrogens with two attached hydrogens (primary N) is 1. The van der Waals surface area contributed by atoms with Crippen LogP contribution < -0.4 is 15.4 Å². The summed E-state index contributed by atoms with van der Waals surface area (Å²) >= 11 is 0. The Labute approximate surface area is 132 Å². The summed E-state index contributed by atoms with van der Waals surface area (Å²) in [6.07, 6.45) is 0. The van der Waals surface area contributed by atoms with Gasteiger partial charge in [-0.1, -0.05) is 12.1 Å². The highest BCUT2D eigenvalue weighted by molar-refractivity contribution is 6.01. The Morgan fingerprint density at radius 1 is 1.35 bits per heavy atom. The zero-order valence-corrected chi connectivity index (χ0v) is 12.7. The lowest BCUT2D eigenvalue weighted by Gasteiger charge is -2.34. The molecule has 8 nitrogen and oxygen atoms in total. The lowest BCUT2D eigenvalue weighted by Crippen LogP contribution is -2.52. The fourth-order valence-corrected chi connectivity index (χ4v) is 2.57. The van der Waals surface area contributed by atoms with Gasteiger partial charge in [0.05, 0.1) is 12.8 Å². The summed E-state index contributed by atoms with van der Waals surface area (Å²) in [4.78, 5) is 27.9. The maximum atomic E-state index is 12.4. The molecular formula is C15H17N5O3. The van der Waals surface area contributed by atoms with Gasteiger partial charge in [0.25, 0.3) is 5.91 Å². The van der Waals surface area contributed by atoms with Crippen molar-refractivity contribution in [1.29, 1.82) is 0 Å². The number of hydrogen-bond donors (Lipinski definition) is 2. The van der Waals surface area contributed by atoms with Crippen LogP contribution in [0.3, 0.4) is 0 Å². The second kappa shape index (κ2) is 5.99. The monoisotopic (exact) mass is 315 g/mol. The standard InChI is InChI=1S/C15H17N5O3/c1-23-12-5-3-2-4-11(12)20-7-6-19(9-14(20)21)15(22)10-8-13(16)18-17-10/h2-5,8H,6-7,9H2,1H3,(H3,16,17,18). The van der Waals surface area contributed by atoms with Crippen LogP contribution in [0, 0.1) is 0 Å². The van der Waals surface area contributed by atoms with Crippen molar-refractivity contribution >= 4 is 23.3 Å². The Balaban J connectivity index is 1.75. The van der Waals surface area contributed by atoms with E-state index in [1.807, 2.05) is 18.2 Å². The third-order valence-corrected chi connectivity index (χ3v) is 3.71. The smallest absolute Gasteiger partial charge is 0.272 e. The molecule has 2 aromatic rings. The van der Waals surface area contributed by atoms with Crippen molar-refractivity contribution in [2.45, 2.75) is 0 Å². The number of nitrogens with one attached hydrogen (secondary N) is 1. The Kier molecular flexibility index (Phi) is 3.88. The number of aromatic amines is 1. The van der Waals surface area contributed by atoms with Crippen molar-refractivity contribution < 1.29 is 14.3 Å². The van der Waals surface area contributed by atoms with Crippen LogP contribution in [0.15, 0.2) is 30.3 Å². The average Bonchev–Trinajstić information content (AvgIpc) is 3.00. The number of para-hydroxylation sites is 2. The van der Waals surface area contributed by atoms with Crippen molar-refractivity contribution in [2.24, 2.45) is 0 Å². The predicted molar refractivity (Wildman–Crippen MR) is 84.3 cm³/mol. The van der Waals surface area contributed by atoms with Gasteiger partial charge in [-0.2, -0.15) is 5.10 Å². The van der Waals surface area contributed by atoms with Crippen molar-refractivity contribution in [1.82, 2.24) is 15.1 Å².